The Morgan fingerprint density at radius 1 is 1.36 bits per heavy atom. The third-order valence-electron chi connectivity index (χ3n) is 4.84. The summed E-state index contributed by atoms with van der Waals surface area (Å²) in [6.07, 6.45) is 1.58. The zero-order valence-corrected chi connectivity index (χ0v) is 15.4. The smallest absolute Gasteiger partial charge is 0.308 e. The molecule has 1 aromatic carbocycles. The van der Waals surface area contributed by atoms with E-state index >= 15 is 0 Å². The number of hydrogen-bond donors (Lipinski definition) is 1. The van der Waals surface area contributed by atoms with Crippen molar-refractivity contribution in [1.29, 1.82) is 0 Å². The minimum atomic E-state index is -0.867. The molecule has 1 N–H and O–H groups in total. The van der Waals surface area contributed by atoms with Gasteiger partial charge in [-0.2, -0.15) is 0 Å². The van der Waals surface area contributed by atoms with Gasteiger partial charge in [-0.15, -0.1) is 0 Å². The molecular weight excluding hydrogens is 318 g/mol. The van der Waals surface area contributed by atoms with Gasteiger partial charge < -0.3 is 14.7 Å². The number of carbonyl (C=O) groups excluding carboxylic acids is 1. The zero-order chi connectivity index (χ0) is 18.4. The summed E-state index contributed by atoms with van der Waals surface area (Å²) in [7, 11) is 0. The normalized spacial score (nSPS) is 20.1. The van der Waals surface area contributed by atoms with Crippen LogP contribution in [0.15, 0.2) is 24.3 Å². The molecule has 1 aromatic rings. The first-order valence-electron chi connectivity index (χ1n) is 9.10. The average molecular weight is 347 g/mol. The minimum Gasteiger partial charge on any atom is -0.481 e. The van der Waals surface area contributed by atoms with Crippen molar-refractivity contribution >= 4 is 11.9 Å². The molecule has 3 unspecified atom stereocenters. The summed E-state index contributed by atoms with van der Waals surface area (Å²) in [6.45, 7) is 7.71. The van der Waals surface area contributed by atoms with Crippen molar-refractivity contribution in [3.05, 3.63) is 35.4 Å². The predicted octanol–water partition coefficient (Wildman–Crippen LogP) is 3.07. The maximum absolute atomic E-state index is 12.9. The van der Waals surface area contributed by atoms with Crippen molar-refractivity contribution in [2.75, 3.05) is 26.3 Å². The van der Waals surface area contributed by atoms with Gasteiger partial charge in [0.2, 0.25) is 5.91 Å². The Labute approximate surface area is 150 Å². The molecule has 1 saturated carbocycles. The summed E-state index contributed by atoms with van der Waals surface area (Å²) in [5.74, 6) is -1.10. The Hall–Kier alpha value is -1.88. The second kappa shape index (κ2) is 8.99. The number of ether oxygens (including phenoxy) is 1. The van der Waals surface area contributed by atoms with E-state index in [0.29, 0.717) is 19.8 Å². The number of carbonyl (C=O) groups is 2. The molecule has 5 heteroatoms. The van der Waals surface area contributed by atoms with E-state index in [1.807, 2.05) is 19.1 Å². The molecule has 0 aromatic heterocycles. The molecule has 0 spiro atoms. The Balaban J connectivity index is 1.99. The third kappa shape index (κ3) is 5.30. The molecule has 0 heterocycles. The predicted molar refractivity (Wildman–Crippen MR) is 96.5 cm³/mol. The molecule has 5 nitrogen and oxygen atoms in total. The van der Waals surface area contributed by atoms with Crippen molar-refractivity contribution in [2.24, 2.45) is 11.8 Å². The summed E-state index contributed by atoms with van der Waals surface area (Å²) in [5, 5.41) is 9.18. The van der Waals surface area contributed by atoms with E-state index in [0.717, 1.165) is 12.8 Å². The second-order valence-corrected chi connectivity index (χ2v) is 6.88. The topological polar surface area (TPSA) is 66.8 Å². The van der Waals surface area contributed by atoms with Crippen LogP contribution in [0.1, 0.15) is 43.7 Å². The van der Waals surface area contributed by atoms with Crippen molar-refractivity contribution in [2.45, 2.75) is 39.5 Å². The van der Waals surface area contributed by atoms with Gasteiger partial charge in [0.05, 0.1) is 5.92 Å². The highest BCUT2D eigenvalue weighted by molar-refractivity contribution is 5.83. The first-order chi connectivity index (χ1) is 12.0. The van der Waals surface area contributed by atoms with Crippen molar-refractivity contribution in [1.82, 2.24) is 4.90 Å². The number of nitrogens with zero attached hydrogens (tertiary/aromatic N) is 1. The Kier molecular flexibility index (Phi) is 7.00. The lowest BCUT2D eigenvalue weighted by Gasteiger charge is -2.25. The lowest BCUT2D eigenvalue weighted by molar-refractivity contribution is -0.143. The standard InChI is InChI=1S/C20H29NO4/c1-4-25-11-7-10-21(13-15(3)20(23)24)19(22)18-12-17(18)16-9-6-5-8-14(16)2/h5-6,8-9,15,17-18H,4,7,10-13H2,1-3H3,(H,23,24). The molecule has 1 fully saturated rings. The SMILES string of the molecule is CCOCCCN(CC(C)C(=O)O)C(=O)C1CC1c1ccccc1C. The first-order valence-corrected chi connectivity index (χ1v) is 9.10. The number of carboxylic acids is 1. The number of aryl methyl sites for hydroxylation is 1. The monoisotopic (exact) mass is 347 g/mol. The number of aliphatic carboxylic acids is 1. The molecule has 25 heavy (non-hydrogen) atoms. The first kappa shape index (κ1) is 19.4. The van der Waals surface area contributed by atoms with Gasteiger partial charge >= 0.3 is 5.97 Å². The molecule has 1 amide bonds. The number of rotatable bonds is 10. The fourth-order valence-electron chi connectivity index (χ4n) is 3.25. The van der Waals surface area contributed by atoms with Gasteiger partial charge in [0, 0.05) is 32.2 Å². The lowest BCUT2D eigenvalue weighted by Crippen LogP contribution is -2.39. The van der Waals surface area contributed by atoms with Gasteiger partial charge in [-0.25, -0.2) is 0 Å². The van der Waals surface area contributed by atoms with Gasteiger partial charge in [-0.3, -0.25) is 9.59 Å². The molecule has 0 aliphatic heterocycles. The Bertz CT molecular complexity index is 601. The summed E-state index contributed by atoms with van der Waals surface area (Å²) in [5.41, 5.74) is 2.45. The number of hydrogen-bond acceptors (Lipinski definition) is 3. The van der Waals surface area contributed by atoms with Crippen LogP contribution in [-0.4, -0.2) is 48.2 Å². The third-order valence-corrected chi connectivity index (χ3v) is 4.84. The van der Waals surface area contributed by atoms with Crippen LogP contribution in [0.2, 0.25) is 0 Å². The molecular formula is C20H29NO4. The van der Waals surface area contributed by atoms with E-state index < -0.39 is 11.9 Å². The van der Waals surface area contributed by atoms with E-state index in [2.05, 4.69) is 19.1 Å². The largest absolute Gasteiger partial charge is 0.481 e. The van der Waals surface area contributed by atoms with Gasteiger partial charge in [0.25, 0.3) is 0 Å². The molecule has 0 bridgehead atoms. The number of carboxylic acid groups (broad SMARTS) is 1. The summed E-state index contributed by atoms with van der Waals surface area (Å²) in [6, 6.07) is 8.18. The summed E-state index contributed by atoms with van der Waals surface area (Å²) >= 11 is 0. The van der Waals surface area contributed by atoms with E-state index in [1.54, 1.807) is 11.8 Å². The highest BCUT2D eigenvalue weighted by atomic mass is 16.5. The Morgan fingerprint density at radius 2 is 2.08 bits per heavy atom. The van der Waals surface area contributed by atoms with Crippen molar-refractivity contribution in [3.8, 4) is 0 Å². The highest BCUT2D eigenvalue weighted by Gasteiger charge is 2.46. The highest BCUT2D eigenvalue weighted by Crippen LogP contribution is 2.49. The van der Waals surface area contributed by atoms with Crippen LogP contribution in [0.4, 0.5) is 0 Å². The fourth-order valence-corrected chi connectivity index (χ4v) is 3.25. The van der Waals surface area contributed by atoms with Gasteiger partial charge in [0.15, 0.2) is 0 Å². The van der Waals surface area contributed by atoms with E-state index in [1.165, 1.54) is 11.1 Å². The van der Waals surface area contributed by atoms with Crippen LogP contribution < -0.4 is 0 Å². The molecule has 1 aliphatic carbocycles. The zero-order valence-electron chi connectivity index (χ0n) is 15.4. The molecule has 3 atom stereocenters. The molecule has 1 aliphatic rings. The molecule has 2 rings (SSSR count). The second-order valence-electron chi connectivity index (χ2n) is 6.88. The van der Waals surface area contributed by atoms with Crippen LogP contribution in [0.3, 0.4) is 0 Å². The quantitative estimate of drug-likeness (QED) is 0.661. The lowest BCUT2D eigenvalue weighted by atomic mass is 10.0. The van der Waals surface area contributed by atoms with Crippen LogP contribution >= 0.6 is 0 Å². The van der Waals surface area contributed by atoms with Crippen LogP contribution in [0.5, 0.6) is 0 Å². The van der Waals surface area contributed by atoms with Crippen LogP contribution in [-0.2, 0) is 14.3 Å². The van der Waals surface area contributed by atoms with Crippen molar-refractivity contribution < 1.29 is 19.4 Å². The van der Waals surface area contributed by atoms with E-state index in [4.69, 9.17) is 4.74 Å². The molecule has 0 radical (unpaired) electrons. The fraction of sp³-hybridized carbons (Fsp3) is 0.600. The van der Waals surface area contributed by atoms with Crippen LogP contribution in [0.25, 0.3) is 0 Å². The Morgan fingerprint density at radius 3 is 2.72 bits per heavy atom. The van der Waals surface area contributed by atoms with E-state index in [-0.39, 0.29) is 24.3 Å². The molecule has 138 valence electrons. The van der Waals surface area contributed by atoms with Gasteiger partial charge in [0.1, 0.15) is 0 Å². The summed E-state index contributed by atoms with van der Waals surface area (Å²) in [4.78, 5) is 25.8. The maximum atomic E-state index is 12.9. The maximum Gasteiger partial charge on any atom is 0.308 e. The van der Waals surface area contributed by atoms with E-state index in [9.17, 15) is 14.7 Å². The van der Waals surface area contributed by atoms with Crippen LogP contribution in [0, 0.1) is 18.8 Å². The minimum absolute atomic E-state index is 0.0193. The number of amides is 1. The summed E-state index contributed by atoms with van der Waals surface area (Å²) < 4.78 is 5.34. The van der Waals surface area contributed by atoms with Gasteiger partial charge in [-0.05, 0) is 43.7 Å². The average Bonchev–Trinajstić information content (AvgIpc) is 3.37. The van der Waals surface area contributed by atoms with Gasteiger partial charge in [-0.1, -0.05) is 31.2 Å². The number of benzene rings is 1. The molecule has 0 saturated heterocycles. The van der Waals surface area contributed by atoms with Crippen molar-refractivity contribution in [3.63, 3.8) is 0 Å².